The van der Waals surface area contributed by atoms with Gasteiger partial charge in [-0.25, -0.2) is 4.79 Å². The number of carbonyl (C=O) groups excluding carboxylic acids is 1. The summed E-state index contributed by atoms with van der Waals surface area (Å²) in [5.74, 6) is -0.405. The maximum Gasteiger partial charge on any atom is 0.351 e. The molecular weight excluding hydrogens is 328 g/mol. The van der Waals surface area contributed by atoms with Crippen LogP contribution in [0.4, 0.5) is 0 Å². The van der Waals surface area contributed by atoms with Crippen molar-refractivity contribution < 1.29 is 19.6 Å². The molecule has 4 nitrogen and oxygen atoms in total. The molecule has 0 bridgehead atoms. The van der Waals surface area contributed by atoms with Crippen LogP contribution in [0.1, 0.15) is 86.1 Å². The Morgan fingerprint density at radius 3 is 2.00 bits per heavy atom. The highest BCUT2D eigenvalue weighted by molar-refractivity contribution is 5.75. The molecule has 0 saturated carbocycles. The second-order valence-electron chi connectivity index (χ2n) is 9.40. The van der Waals surface area contributed by atoms with Crippen molar-refractivity contribution in [3.8, 4) is 0 Å². The number of hydrogen-bond donors (Lipinski definition) is 0. The normalized spacial score (nSPS) is 12.9. The zero-order chi connectivity index (χ0) is 19.8. The molecule has 0 heterocycles. The van der Waals surface area contributed by atoms with Crippen LogP contribution < -0.4 is 0 Å². The molecule has 0 aliphatic heterocycles. The summed E-state index contributed by atoms with van der Waals surface area (Å²) in [6, 6.07) is 9.66. The van der Waals surface area contributed by atoms with Crippen LogP contribution in [-0.2, 0) is 25.2 Å². The van der Waals surface area contributed by atoms with Gasteiger partial charge in [0.15, 0.2) is 0 Å². The van der Waals surface area contributed by atoms with E-state index in [2.05, 4.69) is 20.8 Å². The summed E-state index contributed by atoms with van der Waals surface area (Å²) in [7, 11) is 0. The topological polar surface area (TPSA) is 44.8 Å². The third-order valence-corrected chi connectivity index (χ3v) is 4.60. The Morgan fingerprint density at radius 1 is 0.846 bits per heavy atom. The minimum absolute atomic E-state index is 0.366. The number of hydrogen-bond acceptors (Lipinski definition) is 4. The Hall–Kier alpha value is -1.39. The number of unbranched alkanes of at least 4 members (excludes halogenated alkanes) is 2. The molecule has 0 atom stereocenters. The van der Waals surface area contributed by atoms with Gasteiger partial charge in [0.2, 0.25) is 0 Å². The predicted molar refractivity (Wildman–Crippen MR) is 104 cm³/mol. The zero-order valence-electron chi connectivity index (χ0n) is 17.6. The Balaban J connectivity index is 2.34. The maximum atomic E-state index is 12.3. The van der Waals surface area contributed by atoms with Crippen LogP contribution in [0.15, 0.2) is 30.3 Å². The van der Waals surface area contributed by atoms with Crippen LogP contribution in [0, 0.1) is 10.8 Å². The first-order valence-corrected chi connectivity index (χ1v) is 9.56. The zero-order valence-corrected chi connectivity index (χ0v) is 17.6. The van der Waals surface area contributed by atoms with Crippen molar-refractivity contribution >= 4 is 5.97 Å². The lowest BCUT2D eigenvalue weighted by atomic mass is 9.85. The summed E-state index contributed by atoms with van der Waals surface area (Å²) in [6.07, 6.45) is 5.26. The molecule has 0 aliphatic rings. The summed E-state index contributed by atoms with van der Waals surface area (Å²) >= 11 is 0. The standard InChI is InChI=1S/C22H36O4/c1-20(2,3)16-12-9-13-17-21(4,5)19(23)24-26-25-22(6,7)18-14-10-8-11-15-18/h8,10-11,14-15H,9,12-13,16-17H2,1-7H3. The van der Waals surface area contributed by atoms with E-state index in [1.54, 1.807) is 0 Å². The lowest BCUT2D eigenvalue weighted by molar-refractivity contribution is -0.522. The summed E-state index contributed by atoms with van der Waals surface area (Å²) in [6.45, 7) is 14.2. The van der Waals surface area contributed by atoms with Crippen LogP contribution in [0.25, 0.3) is 0 Å². The van der Waals surface area contributed by atoms with Gasteiger partial charge >= 0.3 is 5.97 Å². The highest BCUT2D eigenvalue weighted by Crippen LogP contribution is 2.29. The predicted octanol–water partition coefficient (Wildman–Crippen LogP) is 6.35. The van der Waals surface area contributed by atoms with Gasteiger partial charge in [0.1, 0.15) is 5.60 Å². The third kappa shape index (κ3) is 8.33. The smallest absolute Gasteiger partial charge is 0.268 e. The fourth-order valence-corrected chi connectivity index (χ4v) is 2.63. The average Bonchev–Trinajstić information content (AvgIpc) is 2.54. The van der Waals surface area contributed by atoms with E-state index in [1.165, 1.54) is 12.8 Å². The molecule has 0 saturated heterocycles. The van der Waals surface area contributed by atoms with Crippen molar-refractivity contribution in [1.82, 2.24) is 0 Å². The summed E-state index contributed by atoms with van der Waals surface area (Å²) in [5, 5.41) is 4.82. The van der Waals surface area contributed by atoms with Gasteiger partial charge in [0.05, 0.1) is 5.41 Å². The fourth-order valence-electron chi connectivity index (χ4n) is 2.63. The van der Waals surface area contributed by atoms with Crippen LogP contribution in [0.5, 0.6) is 0 Å². The molecule has 0 amide bonds. The molecule has 1 aromatic carbocycles. The van der Waals surface area contributed by atoms with Crippen LogP contribution in [0.3, 0.4) is 0 Å². The average molecular weight is 365 g/mol. The maximum absolute atomic E-state index is 12.3. The Morgan fingerprint density at radius 2 is 1.42 bits per heavy atom. The lowest BCUT2D eigenvalue weighted by Gasteiger charge is -2.25. The van der Waals surface area contributed by atoms with E-state index in [9.17, 15) is 4.79 Å². The van der Waals surface area contributed by atoms with Crippen LogP contribution in [-0.4, -0.2) is 5.97 Å². The molecule has 0 fully saturated rings. The van der Waals surface area contributed by atoms with Gasteiger partial charge in [-0.05, 0) is 56.6 Å². The summed E-state index contributed by atoms with van der Waals surface area (Å²) < 4.78 is 0. The molecule has 0 spiro atoms. The summed E-state index contributed by atoms with van der Waals surface area (Å²) in [4.78, 5) is 22.5. The molecule has 0 aliphatic carbocycles. The molecule has 0 aromatic heterocycles. The van der Waals surface area contributed by atoms with Gasteiger partial charge in [0.25, 0.3) is 0 Å². The molecule has 1 rings (SSSR count). The first-order chi connectivity index (χ1) is 11.9. The van der Waals surface area contributed by atoms with E-state index in [0.717, 1.165) is 24.8 Å². The monoisotopic (exact) mass is 364 g/mol. The van der Waals surface area contributed by atoms with Gasteiger partial charge in [-0.15, -0.1) is 0 Å². The van der Waals surface area contributed by atoms with E-state index < -0.39 is 17.0 Å². The summed E-state index contributed by atoms with van der Waals surface area (Å²) in [5.41, 5.74) is 0.000349. The molecular formula is C22H36O4. The molecule has 148 valence electrons. The Bertz CT molecular complexity index is 541. The Kier molecular flexibility index (Phi) is 8.29. The SMILES string of the molecule is CC(C)(C)CCCCCC(C)(C)C(=O)OOOC(C)(C)c1ccccc1. The van der Waals surface area contributed by atoms with E-state index >= 15 is 0 Å². The van der Waals surface area contributed by atoms with Crippen LogP contribution >= 0.6 is 0 Å². The van der Waals surface area contributed by atoms with Crippen molar-refractivity contribution in [3.63, 3.8) is 0 Å². The van der Waals surface area contributed by atoms with Crippen molar-refractivity contribution in [1.29, 1.82) is 0 Å². The minimum atomic E-state index is -0.710. The van der Waals surface area contributed by atoms with E-state index in [4.69, 9.17) is 14.8 Å². The molecule has 0 N–H and O–H groups in total. The fraction of sp³-hybridized carbons (Fsp3) is 0.682. The quantitative estimate of drug-likeness (QED) is 0.276. The first kappa shape index (κ1) is 22.7. The number of carbonyl (C=O) groups is 1. The molecule has 4 heteroatoms. The van der Waals surface area contributed by atoms with Gasteiger partial charge < -0.3 is 0 Å². The minimum Gasteiger partial charge on any atom is -0.268 e. The van der Waals surface area contributed by atoms with Gasteiger partial charge in [-0.2, -0.15) is 4.89 Å². The molecule has 0 unspecified atom stereocenters. The molecule has 26 heavy (non-hydrogen) atoms. The van der Waals surface area contributed by atoms with Gasteiger partial charge in [-0.1, -0.05) is 70.4 Å². The van der Waals surface area contributed by atoms with Gasteiger partial charge in [-0.3, -0.25) is 4.89 Å². The van der Waals surface area contributed by atoms with Gasteiger partial charge in [0, 0.05) is 0 Å². The number of rotatable bonds is 10. The first-order valence-electron chi connectivity index (χ1n) is 9.56. The Labute approximate surface area is 159 Å². The largest absolute Gasteiger partial charge is 0.351 e. The van der Waals surface area contributed by atoms with E-state index in [-0.39, 0.29) is 0 Å². The lowest BCUT2D eigenvalue weighted by Crippen LogP contribution is -2.29. The van der Waals surface area contributed by atoms with Crippen molar-refractivity contribution in [2.75, 3.05) is 0 Å². The number of benzene rings is 1. The molecule has 1 aromatic rings. The third-order valence-electron chi connectivity index (χ3n) is 4.60. The van der Waals surface area contributed by atoms with Crippen molar-refractivity contribution in [3.05, 3.63) is 35.9 Å². The molecule has 0 radical (unpaired) electrons. The highest BCUT2D eigenvalue weighted by Gasteiger charge is 2.31. The van der Waals surface area contributed by atoms with Crippen molar-refractivity contribution in [2.24, 2.45) is 10.8 Å². The second kappa shape index (κ2) is 9.52. The van der Waals surface area contributed by atoms with Crippen molar-refractivity contribution in [2.45, 2.75) is 86.2 Å². The highest BCUT2D eigenvalue weighted by atomic mass is 17.5. The van der Waals surface area contributed by atoms with Crippen LogP contribution in [0.2, 0.25) is 0 Å². The van der Waals surface area contributed by atoms with E-state index in [1.807, 2.05) is 58.0 Å². The van der Waals surface area contributed by atoms with E-state index in [0.29, 0.717) is 5.41 Å². The second-order valence-corrected chi connectivity index (χ2v) is 9.40.